The highest BCUT2D eigenvalue weighted by molar-refractivity contribution is 4.99. The first-order chi connectivity index (χ1) is 6.11. The fourth-order valence-electron chi connectivity index (χ4n) is 3.12. The van der Waals surface area contributed by atoms with Crippen molar-refractivity contribution in [1.82, 2.24) is 4.90 Å². The van der Waals surface area contributed by atoms with Gasteiger partial charge in [-0.1, -0.05) is 27.7 Å². The van der Waals surface area contributed by atoms with Crippen molar-refractivity contribution in [2.24, 2.45) is 17.8 Å². The molecule has 0 aromatic rings. The third-order valence-electron chi connectivity index (χ3n) is 3.57. The maximum atomic E-state index is 5.73. The third-order valence-corrected chi connectivity index (χ3v) is 3.57. The molecule has 76 valence electrons. The van der Waals surface area contributed by atoms with Gasteiger partial charge in [0.15, 0.2) is 0 Å². The van der Waals surface area contributed by atoms with E-state index in [1.165, 1.54) is 6.54 Å². The van der Waals surface area contributed by atoms with Crippen LogP contribution in [0.5, 0.6) is 0 Å². The molecule has 0 aliphatic carbocycles. The Balaban J connectivity index is 2.15. The molecule has 2 unspecified atom stereocenters. The van der Waals surface area contributed by atoms with Crippen molar-refractivity contribution >= 4 is 0 Å². The number of hydrogen-bond donors (Lipinski definition) is 0. The Morgan fingerprint density at radius 1 is 1.15 bits per heavy atom. The summed E-state index contributed by atoms with van der Waals surface area (Å²) in [4.78, 5) is 2.51. The minimum absolute atomic E-state index is 0.521. The van der Waals surface area contributed by atoms with Crippen LogP contribution in [0.4, 0.5) is 0 Å². The van der Waals surface area contributed by atoms with E-state index in [-0.39, 0.29) is 0 Å². The van der Waals surface area contributed by atoms with Crippen LogP contribution in [0.2, 0.25) is 0 Å². The van der Waals surface area contributed by atoms with Crippen LogP contribution in [0.3, 0.4) is 0 Å². The van der Waals surface area contributed by atoms with E-state index >= 15 is 0 Å². The van der Waals surface area contributed by atoms with Crippen molar-refractivity contribution < 1.29 is 4.74 Å². The van der Waals surface area contributed by atoms with E-state index in [0.29, 0.717) is 6.10 Å². The molecular formula is C11H21NO. The molecule has 0 radical (unpaired) electrons. The molecule has 2 nitrogen and oxygen atoms in total. The van der Waals surface area contributed by atoms with Gasteiger partial charge in [0, 0.05) is 18.5 Å². The fraction of sp³-hybridized carbons (Fsp3) is 1.00. The van der Waals surface area contributed by atoms with Gasteiger partial charge in [0.1, 0.15) is 0 Å². The standard InChI is InChI=1S/C11H21NO/c1-7(2)10-9-5-12(6-13-9)11(10)8(3)4/h7-11H,5-6H2,1-4H3/t9?,10-,11-/m1/s1. The lowest BCUT2D eigenvalue weighted by Crippen LogP contribution is -2.43. The number of ether oxygens (including phenoxy) is 1. The lowest BCUT2D eigenvalue weighted by atomic mass is 9.81. The van der Waals surface area contributed by atoms with Gasteiger partial charge in [-0.05, 0) is 11.8 Å². The Hall–Kier alpha value is -0.0800. The maximum Gasteiger partial charge on any atom is 0.0998 e. The molecule has 0 saturated carbocycles. The van der Waals surface area contributed by atoms with Crippen LogP contribution in [0.25, 0.3) is 0 Å². The fourth-order valence-corrected chi connectivity index (χ4v) is 3.12. The van der Waals surface area contributed by atoms with Crippen molar-refractivity contribution in [2.75, 3.05) is 13.3 Å². The summed E-state index contributed by atoms with van der Waals surface area (Å²) in [5, 5.41) is 0. The Labute approximate surface area is 81.3 Å². The molecule has 0 amide bonds. The predicted molar refractivity (Wildman–Crippen MR) is 53.4 cm³/mol. The summed E-state index contributed by atoms with van der Waals surface area (Å²) in [6.45, 7) is 11.4. The summed E-state index contributed by atoms with van der Waals surface area (Å²) in [7, 11) is 0. The predicted octanol–water partition coefficient (Wildman–Crippen LogP) is 1.96. The minimum atomic E-state index is 0.521. The molecule has 2 fully saturated rings. The van der Waals surface area contributed by atoms with Gasteiger partial charge in [-0.3, -0.25) is 4.90 Å². The molecule has 2 bridgehead atoms. The highest BCUT2D eigenvalue weighted by Crippen LogP contribution is 2.40. The Bertz CT molecular complexity index is 171. The van der Waals surface area contributed by atoms with E-state index < -0.39 is 0 Å². The van der Waals surface area contributed by atoms with E-state index in [0.717, 1.165) is 30.5 Å². The van der Waals surface area contributed by atoms with Crippen LogP contribution in [0.1, 0.15) is 27.7 Å². The SMILES string of the molecule is CC(C)[C@@H]1C2CN(CO2)[C@@H]1C(C)C. The molecule has 2 heterocycles. The summed E-state index contributed by atoms with van der Waals surface area (Å²) in [6.07, 6.45) is 0.521. The largest absolute Gasteiger partial charge is 0.361 e. The maximum absolute atomic E-state index is 5.73. The number of fused-ring (bicyclic) bond motifs is 2. The molecule has 2 saturated heterocycles. The molecule has 0 N–H and O–H groups in total. The lowest BCUT2D eigenvalue weighted by molar-refractivity contribution is -0.0469. The van der Waals surface area contributed by atoms with Crippen LogP contribution in [0.15, 0.2) is 0 Å². The molecule has 2 heteroatoms. The lowest BCUT2D eigenvalue weighted by Gasteiger charge is -2.37. The van der Waals surface area contributed by atoms with Crippen molar-refractivity contribution in [3.05, 3.63) is 0 Å². The summed E-state index contributed by atoms with van der Waals surface area (Å²) < 4.78 is 5.73. The second-order valence-electron chi connectivity index (χ2n) is 5.16. The first-order valence-corrected chi connectivity index (χ1v) is 5.47. The van der Waals surface area contributed by atoms with Crippen molar-refractivity contribution in [3.8, 4) is 0 Å². The number of nitrogens with zero attached hydrogens (tertiary/aromatic N) is 1. The zero-order valence-electron chi connectivity index (χ0n) is 9.16. The zero-order valence-corrected chi connectivity index (χ0v) is 9.16. The molecule has 2 rings (SSSR count). The first-order valence-electron chi connectivity index (χ1n) is 5.47. The third kappa shape index (κ3) is 1.40. The Morgan fingerprint density at radius 2 is 1.85 bits per heavy atom. The van der Waals surface area contributed by atoms with Gasteiger partial charge in [0.05, 0.1) is 12.8 Å². The van der Waals surface area contributed by atoms with E-state index in [1.54, 1.807) is 0 Å². The van der Waals surface area contributed by atoms with Gasteiger partial charge in [-0.25, -0.2) is 0 Å². The highest BCUT2D eigenvalue weighted by Gasteiger charge is 2.49. The van der Waals surface area contributed by atoms with Crippen LogP contribution >= 0.6 is 0 Å². The van der Waals surface area contributed by atoms with Crippen LogP contribution in [0, 0.1) is 17.8 Å². The van der Waals surface area contributed by atoms with Gasteiger partial charge < -0.3 is 4.74 Å². The summed E-state index contributed by atoms with van der Waals surface area (Å²) in [5.41, 5.74) is 0. The molecule has 2 aliphatic heterocycles. The van der Waals surface area contributed by atoms with Gasteiger partial charge in [-0.2, -0.15) is 0 Å². The summed E-state index contributed by atoms with van der Waals surface area (Å²) in [6, 6.07) is 0.763. The number of hydrogen-bond acceptors (Lipinski definition) is 2. The summed E-state index contributed by atoms with van der Waals surface area (Å²) >= 11 is 0. The van der Waals surface area contributed by atoms with E-state index in [9.17, 15) is 0 Å². The average molecular weight is 183 g/mol. The zero-order chi connectivity index (χ0) is 9.59. The van der Waals surface area contributed by atoms with Crippen LogP contribution < -0.4 is 0 Å². The van der Waals surface area contributed by atoms with Crippen LogP contribution in [-0.2, 0) is 4.74 Å². The topological polar surface area (TPSA) is 12.5 Å². The molecule has 0 aromatic carbocycles. The second kappa shape index (κ2) is 3.25. The van der Waals surface area contributed by atoms with E-state index in [1.807, 2.05) is 0 Å². The van der Waals surface area contributed by atoms with Gasteiger partial charge in [0.2, 0.25) is 0 Å². The summed E-state index contributed by atoms with van der Waals surface area (Å²) in [5.74, 6) is 2.28. The monoisotopic (exact) mass is 183 g/mol. The van der Waals surface area contributed by atoms with Crippen LogP contribution in [-0.4, -0.2) is 30.3 Å². The smallest absolute Gasteiger partial charge is 0.0998 e. The Morgan fingerprint density at radius 3 is 2.31 bits per heavy atom. The van der Waals surface area contributed by atoms with Crippen molar-refractivity contribution in [3.63, 3.8) is 0 Å². The highest BCUT2D eigenvalue weighted by atomic mass is 16.5. The molecule has 13 heavy (non-hydrogen) atoms. The molecule has 2 aliphatic rings. The van der Waals surface area contributed by atoms with Gasteiger partial charge in [0.25, 0.3) is 0 Å². The minimum Gasteiger partial charge on any atom is -0.361 e. The number of rotatable bonds is 2. The Kier molecular flexibility index (Phi) is 2.37. The molecule has 4 atom stereocenters. The van der Waals surface area contributed by atoms with E-state index in [2.05, 4.69) is 32.6 Å². The van der Waals surface area contributed by atoms with Gasteiger partial charge >= 0.3 is 0 Å². The average Bonchev–Trinajstić information content (AvgIpc) is 2.60. The first kappa shape index (κ1) is 9.47. The van der Waals surface area contributed by atoms with Crippen molar-refractivity contribution in [1.29, 1.82) is 0 Å². The second-order valence-corrected chi connectivity index (χ2v) is 5.16. The van der Waals surface area contributed by atoms with Crippen molar-refractivity contribution in [2.45, 2.75) is 39.8 Å². The normalized spacial score (nSPS) is 43.8. The quantitative estimate of drug-likeness (QED) is 0.649. The molecular weight excluding hydrogens is 162 g/mol. The van der Waals surface area contributed by atoms with Gasteiger partial charge in [-0.15, -0.1) is 0 Å². The van der Waals surface area contributed by atoms with E-state index in [4.69, 9.17) is 4.74 Å². The molecule has 0 aromatic heterocycles. The molecule has 0 spiro atoms.